The number of nitrogens with two attached hydrogens (primary N) is 1. The van der Waals surface area contributed by atoms with Crippen LogP contribution in [0.1, 0.15) is 37.0 Å². The molecule has 13 heavy (non-hydrogen) atoms. The second kappa shape index (κ2) is 4.40. The number of rotatable bonds is 3. The summed E-state index contributed by atoms with van der Waals surface area (Å²) in [6.07, 6.45) is -0.529. The summed E-state index contributed by atoms with van der Waals surface area (Å²) in [5.41, 5.74) is 7.53. The molecule has 0 radical (unpaired) electrons. The molecule has 0 aliphatic carbocycles. The molecule has 2 nitrogen and oxygen atoms in total. The Labute approximate surface area is 79.4 Å². The molecule has 0 aliphatic heterocycles. The number of aliphatic hydroxyl groups is 1. The van der Waals surface area contributed by atoms with E-state index >= 15 is 0 Å². The minimum atomic E-state index is -0.529. The van der Waals surface area contributed by atoms with Crippen LogP contribution in [0.5, 0.6) is 0 Å². The molecule has 0 bridgehead atoms. The molecule has 0 fully saturated rings. The van der Waals surface area contributed by atoms with Gasteiger partial charge >= 0.3 is 0 Å². The molecule has 72 valence electrons. The first-order chi connectivity index (χ1) is 6.15. The van der Waals surface area contributed by atoms with Crippen LogP contribution in [0.25, 0.3) is 0 Å². The molecule has 0 amide bonds. The van der Waals surface area contributed by atoms with Crippen molar-refractivity contribution in [1.29, 1.82) is 0 Å². The van der Waals surface area contributed by atoms with Crippen molar-refractivity contribution in [1.82, 2.24) is 0 Å². The molecule has 0 spiro atoms. The molecule has 1 aromatic carbocycles. The smallest absolute Gasteiger partial charge is 0.0912 e. The van der Waals surface area contributed by atoms with E-state index in [4.69, 9.17) is 5.73 Å². The first kappa shape index (κ1) is 10.2. The maximum absolute atomic E-state index is 9.51. The first-order valence-electron chi connectivity index (χ1n) is 4.63. The second-order valence-electron chi connectivity index (χ2n) is 3.58. The van der Waals surface area contributed by atoms with E-state index in [1.54, 1.807) is 0 Å². The van der Waals surface area contributed by atoms with Crippen LogP contribution in [0.4, 0.5) is 0 Å². The highest BCUT2D eigenvalue weighted by Crippen LogP contribution is 2.19. The second-order valence-corrected chi connectivity index (χ2v) is 3.58. The molecule has 1 rings (SSSR count). The van der Waals surface area contributed by atoms with Gasteiger partial charge in [-0.05, 0) is 17.0 Å². The lowest BCUT2D eigenvalue weighted by molar-refractivity contribution is 0.186. The summed E-state index contributed by atoms with van der Waals surface area (Å²) in [6, 6.07) is 7.95. The maximum atomic E-state index is 9.51. The summed E-state index contributed by atoms with van der Waals surface area (Å²) in [7, 11) is 0. The van der Waals surface area contributed by atoms with E-state index in [-0.39, 0.29) is 6.54 Å². The van der Waals surface area contributed by atoms with Crippen LogP contribution in [-0.4, -0.2) is 11.7 Å². The van der Waals surface area contributed by atoms with Crippen LogP contribution < -0.4 is 5.73 Å². The summed E-state index contributed by atoms with van der Waals surface area (Å²) >= 11 is 0. The molecule has 0 aliphatic rings. The number of aliphatic hydroxyl groups excluding tert-OH is 1. The Morgan fingerprint density at radius 2 is 1.92 bits per heavy atom. The van der Waals surface area contributed by atoms with Gasteiger partial charge < -0.3 is 10.8 Å². The fraction of sp³-hybridized carbons (Fsp3) is 0.455. The standard InChI is InChI=1S/C11H17NO/c1-8(2)9-4-3-5-10(6-9)11(13)7-12/h3-6,8,11,13H,7,12H2,1-2H3/t11-/m0/s1. The van der Waals surface area contributed by atoms with Crippen molar-refractivity contribution in [3.05, 3.63) is 35.4 Å². The van der Waals surface area contributed by atoms with Crippen LogP contribution in [0, 0.1) is 0 Å². The van der Waals surface area contributed by atoms with Crippen molar-refractivity contribution in [3.63, 3.8) is 0 Å². The fourth-order valence-electron chi connectivity index (χ4n) is 1.26. The van der Waals surface area contributed by atoms with Crippen molar-refractivity contribution in [2.24, 2.45) is 5.73 Å². The molecule has 2 heteroatoms. The highest BCUT2D eigenvalue weighted by Gasteiger charge is 2.06. The minimum Gasteiger partial charge on any atom is -0.387 e. The summed E-state index contributed by atoms with van der Waals surface area (Å²) in [5, 5.41) is 9.51. The van der Waals surface area contributed by atoms with Crippen molar-refractivity contribution >= 4 is 0 Å². The third kappa shape index (κ3) is 2.54. The van der Waals surface area contributed by atoms with E-state index in [0.29, 0.717) is 5.92 Å². The van der Waals surface area contributed by atoms with E-state index in [1.165, 1.54) is 5.56 Å². The Bertz CT molecular complexity index is 271. The van der Waals surface area contributed by atoms with Crippen LogP contribution in [-0.2, 0) is 0 Å². The van der Waals surface area contributed by atoms with E-state index < -0.39 is 6.10 Å². The highest BCUT2D eigenvalue weighted by atomic mass is 16.3. The van der Waals surface area contributed by atoms with Gasteiger partial charge in [0.2, 0.25) is 0 Å². The Morgan fingerprint density at radius 3 is 2.46 bits per heavy atom. The monoisotopic (exact) mass is 179 g/mol. The average Bonchev–Trinajstić information content (AvgIpc) is 2.17. The van der Waals surface area contributed by atoms with Gasteiger partial charge in [-0.25, -0.2) is 0 Å². The van der Waals surface area contributed by atoms with Crippen molar-refractivity contribution in [2.45, 2.75) is 25.9 Å². The number of hydrogen-bond acceptors (Lipinski definition) is 2. The summed E-state index contributed by atoms with van der Waals surface area (Å²) < 4.78 is 0. The molecule has 3 N–H and O–H groups in total. The van der Waals surface area contributed by atoms with E-state index in [1.807, 2.05) is 18.2 Å². The van der Waals surface area contributed by atoms with Gasteiger partial charge in [-0.15, -0.1) is 0 Å². The molecule has 1 aromatic rings. The molecule has 0 unspecified atom stereocenters. The molecular formula is C11H17NO. The lowest BCUT2D eigenvalue weighted by atomic mass is 9.99. The third-order valence-corrected chi connectivity index (χ3v) is 2.19. The summed E-state index contributed by atoms with van der Waals surface area (Å²) in [4.78, 5) is 0. The van der Waals surface area contributed by atoms with Gasteiger partial charge in [0.05, 0.1) is 6.10 Å². The third-order valence-electron chi connectivity index (χ3n) is 2.19. The van der Waals surface area contributed by atoms with Gasteiger partial charge in [-0.1, -0.05) is 38.1 Å². The first-order valence-corrected chi connectivity index (χ1v) is 4.63. The lowest BCUT2D eigenvalue weighted by Crippen LogP contribution is -2.11. The topological polar surface area (TPSA) is 46.2 Å². The van der Waals surface area contributed by atoms with E-state index in [0.717, 1.165) is 5.56 Å². The van der Waals surface area contributed by atoms with Gasteiger partial charge in [-0.2, -0.15) is 0 Å². The highest BCUT2D eigenvalue weighted by molar-refractivity contribution is 5.27. The SMILES string of the molecule is CC(C)c1cccc([C@@H](O)CN)c1. The van der Waals surface area contributed by atoms with Crippen LogP contribution in [0.15, 0.2) is 24.3 Å². The van der Waals surface area contributed by atoms with Crippen LogP contribution in [0.2, 0.25) is 0 Å². The zero-order valence-corrected chi connectivity index (χ0v) is 8.20. The van der Waals surface area contributed by atoms with Crippen molar-refractivity contribution in [3.8, 4) is 0 Å². The molecular weight excluding hydrogens is 162 g/mol. The molecule has 0 heterocycles. The lowest BCUT2D eigenvalue weighted by Gasteiger charge is -2.11. The van der Waals surface area contributed by atoms with Crippen LogP contribution in [0.3, 0.4) is 0 Å². The Morgan fingerprint density at radius 1 is 1.31 bits per heavy atom. The molecule has 0 saturated carbocycles. The van der Waals surface area contributed by atoms with Gasteiger partial charge in [0.1, 0.15) is 0 Å². The normalized spacial score (nSPS) is 13.3. The number of benzene rings is 1. The minimum absolute atomic E-state index is 0.279. The van der Waals surface area contributed by atoms with Gasteiger partial charge in [0.25, 0.3) is 0 Å². The van der Waals surface area contributed by atoms with E-state index in [9.17, 15) is 5.11 Å². The van der Waals surface area contributed by atoms with Gasteiger partial charge in [0.15, 0.2) is 0 Å². The van der Waals surface area contributed by atoms with Crippen molar-refractivity contribution < 1.29 is 5.11 Å². The fourth-order valence-corrected chi connectivity index (χ4v) is 1.26. The molecule has 1 atom stereocenters. The maximum Gasteiger partial charge on any atom is 0.0912 e. The predicted octanol–water partition coefficient (Wildman–Crippen LogP) is 1.80. The van der Waals surface area contributed by atoms with Crippen LogP contribution >= 0.6 is 0 Å². The molecule has 0 saturated heterocycles. The quantitative estimate of drug-likeness (QED) is 0.743. The average molecular weight is 179 g/mol. The Balaban J connectivity index is 2.91. The summed E-state index contributed by atoms with van der Waals surface area (Å²) in [6.45, 7) is 4.55. The largest absolute Gasteiger partial charge is 0.387 e. The molecule has 0 aromatic heterocycles. The van der Waals surface area contributed by atoms with Crippen molar-refractivity contribution in [2.75, 3.05) is 6.54 Å². The Kier molecular flexibility index (Phi) is 3.46. The van der Waals surface area contributed by atoms with E-state index in [2.05, 4.69) is 19.9 Å². The zero-order valence-electron chi connectivity index (χ0n) is 8.20. The van der Waals surface area contributed by atoms with Gasteiger partial charge in [-0.3, -0.25) is 0 Å². The zero-order chi connectivity index (χ0) is 9.84. The predicted molar refractivity (Wildman–Crippen MR) is 54.5 cm³/mol. The Hall–Kier alpha value is -0.860. The number of hydrogen-bond donors (Lipinski definition) is 2. The van der Waals surface area contributed by atoms with Gasteiger partial charge in [0, 0.05) is 6.54 Å². The summed E-state index contributed by atoms with van der Waals surface area (Å²) in [5.74, 6) is 0.491.